The van der Waals surface area contributed by atoms with Crippen LogP contribution in [0.25, 0.3) is 0 Å². The number of piperidine rings is 1. The summed E-state index contributed by atoms with van der Waals surface area (Å²) < 4.78 is 5.14. The first-order valence-electron chi connectivity index (χ1n) is 8.01. The second-order valence-electron chi connectivity index (χ2n) is 6.66. The van der Waals surface area contributed by atoms with Crippen molar-refractivity contribution in [3.05, 3.63) is 29.8 Å². The van der Waals surface area contributed by atoms with Gasteiger partial charge in [0.05, 0.1) is 12.5 Å². The van der Waals surface area contributed by atoms with Gasteiger partial charge in [0.2, 0.25) is 5.91 Å². The number of carbonyl (C=O) groups excluding carboxylic acids is 1. The van der Waals surface area contributed by atoms with E-state index < -0.39 is 11.4 Å². The zero-order valence-corrected chi connectivity index (χ0v) is 14.0. The number of nitrogens with zero attached hydrogens (tertiary/aromatic N) is 1. The fourth-order valence-electron chi connectivity index (χ4n) is 3.07. The second-order valence-corrected chi connectivity index (χ2v) is 6.66. The van der Waals surface area contributed by atoms with Gasteiger partial charge in [0.25, 0.3) is 0 Å². The van der Waals surface area contributed by atoms with E-state index >= 15 is 0 Å². The van der Waals surface area contributed by atoms with Crippen LogP contribution in [-0.2, 0) is 9.59 Å². The zero-order valence-electron chi connectivity index (χ0n) is 14.0. The Bertz CT molecular complexity index is 569. The number of hydrogen-bond donors (Lipinski definition) is 1. The van der Waals surface area contributed by atoms with Crippen LogP contribution >= 0.6 is 0 Å². The molecular weight excluding hydrogens is 294 g/mol. The molecule has 0 spiro atoms. The highest BCUT2D eigenvalue weighted by Gasteiger charge is 2.39. The van der Waals surface area contributed by atoms with Gasteiger partial charge in [0.1, 0.15) is 5.75 Å². The van der Waals surface area contributed by atoms with E-state index in [-0.39, 0.29) is 11.8 Å². The van der Waals surface area contributed by atoms with Crippen LogP contribution in [0.5, 0.6) is 5.75 Å². The Hall–Kier alpha value is -2.04. The van der Waals surface area contributed by atoms with Gasteiger partial charge in [-0.2, -0.15) is 0 Å². The molecule has 0 aromatic heterocycles. The van der Waals surface area contributed by atoms with Crippen molar-refractivity contribution in [3.63, 3.8) is 0 Å². The highest BCUT2D eigenvalue weighted by atomic mass is 16.5. The van der Waals surface area contributed by atoms with Crippen LogP contribution in [0.2, 0.25) is 0 Å². The molecule has 0 saturated carbocycles. The lowest BCUT2D eigenvalue weighted by Crippen LogP contribution is -2.48. The summed E-state index contributed by atoms with van der Waals surface area (Å²) in [5.74, 6) is 0.0886. The van der Waals surface area contributed by atoms with Crippen molar-refractivity contribution in [2.75, 3.05) is 20.2 Å². The van der Waals surface area contributed by atoms with Crippen molar-refractivity contribution >= 4 is 11.9 Å². The molecule has 5 nitrogen and oxygen atoms in total. The smallest absolute Gasteiger partial charge is 0.311 e. The van der Waals surface area contributed by atoms with Gasteiger partial charge in [-0.3, -0.25) is 9.59 Å². The van der Waals surface area contributed by atoms with Crippen LogP contribution < -0.4 is 4.74 Å². The molecule has 0 bridgehead atoms. The van der Waals surface area contributed by atoms with Gasteiger partial charge in [-0.05, 0) is 43.4 Å². The monoisotopic (exact) mass is 319 g/mol. The summed E-state index contributed by atoms with van der Waals surface area (Å²) in [6, 6.07) is 7.71. The molecule has 1 N–H and O–H groups in total. The molecule has 2 unspecified atom stereocenters. The molecule has 1 amide bonds. The predicted octanol–water partition coefficient (Wildman–Crippen LogP) is 2.90. The molecular formula is C18H25NO4. The molecule has 126 valence electrons. The third-order valence-corrected chi connectivity index (χ3v) is 4.73. The summed E-state index contributed by atoms with van der Waals surface area (Å²) in [6.07, 6.45) is 1.76. The molecule has 23 heavy (non-hydrogen) atoms. The van der Waals surface area contributed by atoms with Gasteiger partial charge in [-0.25, -0.2) is 0 Å². The van der Waals surface area contributed by atoms with Crippen LogP contribution in [0.1, 0.15) is 44.6 Å². The SMILES string of the molecule is COc1ccc(C(C)CC(=O)N2CCCC(C)(C(=O)O)C2)cc1. The molecule has 1 aromatic rings. The van der Waals surface area contributed by atoms with Gasteiger partial charge in [-0.1, -0.05) is 19.1 Å². The Kier molecular flexibility index (Phi) is 5.29. The minimum absolute atomic E-state index is 0.0282. The molecule has 2 atom stereocenters. The minimum Gasteiger partial charge on any atom is -0.497 e. The Morgan fingerprint density at radius 2 is 2.00 bits per heavy atom. The molecule has 1 saturated heterocycles. The first kappa shape index (κ1) is 17.3. The van der Waals surface area contributed by atoms with E-state index in [0.717, 1.165) is 17.7 Å². The van der Waals surface area contributed by atoms with Gasteiger partial charge in [0.15, 0.2) is 0 Å². The van der Waals surface area contributed by atoms with Gasteiger partial charge < -0.3 is 14.7 Å². The maximum Gasteiger partial charge on any atom is 0.311 e. The quantitative estimate of drug-likeness (QED) is 0.906. The molecule has 1 aliphatic heterocycles. The predicted molar refractivity (Wildman–Crippen MR) is 87.6 cm³/mol. The number of hydrogen-bond acceptors (Lipinski definition) is 3. The lowest BCUT2D eigenvalue weighted by molar-refractivity contribution is -0.153. The zero-order chi connectivity index (χ0) is 17.0. The lowest BCUT2D eigenvalue weighted by atomic mass is 9.81. The molecule has 1 aliphatic rings. The van der Waals surface area contributed by atoms with Crippen molar-refractivity contribution in [2.45, 2.75) is 39.0 Å². The largest absolute Gasteiger partial charge is 0.497 e. The van der Waals surface area contributed by atoms with Crippen molar-refractivity contribution in [1.82, 2.24) is 4.90 Å². The first-order chi connectivity index (χ1) is 10.9. The Morgan fingerprint density at radius 3 is 2.57 bits per heavy atom. The number of benzene rings is 1. The van der Waals surface area contributed by atoms with Crippen molar-refractivity contribution in [2.24, 2.45) is 5.41 Å². The number of carboxylic acids is 1. The second kappa shape index (κ2) is 7.02. The van der Waals surface area contributed by atoms with Crippen LogP contribution in [0.15, 0.2) is 24.3 Å². The molecule has 1 fully saturated rings. The Balaban J connectivity index is 1.98. The third kappa shape index (κ3) is 4.03. The van der Waals surface area contributed by atoms with Crippen LogP contribution in [0.4, 0.5) is 0 Å². The van der Waals surface area contributed by atoms with E-state index in [2.05, 4.69) is 0 Å². The summed E-state index contributed by atoms with van der Waals surface area (Å²) >= 11 is 0. The molecule has 1 aromatic carbocycles. The van der Waals surface area contributed by atoms with Gasteiger partial charge >= 0.3 is 5.97 Å². The number of methoxy groups -OCH3 is 1. The number of aliphatic carboxylic acids is 1. The van der Waals surface area contributed by atoms with E-state index in [9.17, 15) is 14.7 Å². The molecule has 2 rings (SSSR count). The molecule has 0 aliphatic carbocycles. The average molecular weight is 319 g/mol. The summed E-state index contributed by atoms with van der Waals surface area (Å²) in [6.45, 7) is 4.69. The number of carbonyl (C=O) groups is 2. The van der Waals surface area contributed by atoms with E-state index in [1.54, 1.807) is 18.9 Å². The van der Waals surface area contributed by atoms with Crippen LogP contribution in [-0.4, -0.2) is 42.1 Å². The highest BCUT2D eigenvalue weighted by molar-refractivity contribution is 5.80. The van der Waals surface area contributed by atoms with Crippen LogP contribution in [0.3, 0.4) is 0 Å². The minimum atomic E-state index is -0.822. The lowest BCUT2D eigenvalue weighted by Gasteiger charge is -2.38. The van der Waals surface area contributed by atoms with E-state index in [1.807, 2.05) is 31.2 Å². The molecule has 5 heteroatoms. The summed E-state index contributed by atoms with van der Waals surface area (Å²) in [7, 11) is 1.62. The maximum absolute atomic E-state index is 12.5. The van der Waals surface area contributed by atoms with E-state index in [0.29, 0.717) is 25.9 Å². The maximum atomic E-state index is 12.5. The normalized spacial score (nSPS) is 22.5. The van der Waals surface area contributed by atoms with E-state index in [1.165, 1.54) is 0 Å². The first-order valence-corrected chi connectivity index (χ1v) is 8.01. The Labute approximate surface area is 137 Å². The summed E-state index contributed by atoms with van der Waals surface area (Å²) in [4.78, 5) is 25.6. The van der Waals surface area contributed by atoms with Gasteiger partial charge in [0, 0.05) is 19.5 Å². The topological polar surface area (TPSA) is 66.8 Å². The summed E-state index contributed by atoms with van der Waals surface area (Å²) in [5, 5.41) is 9.36. The number of ether oxygens (including phenoxy) is 1. The van der Waals surface area contributed by atoms with Gasteiger partial charge in [-0.15, -0.1) is 0 Å². The van der Waals surface area contributed by atoms with Crippen LogP contribution in [0, 0.1) is 5.41 Å². The van der Waals surface area contributed by atoms with Crippen molar-refractivity contribution in [1.29, 1.82) is 0 Å². The van der Waals surface area contributed by atoms with Crippen molar-refractivity contribution in [3.8, 4) is 5.75 Å². The fourth-order valence-corrected chi connectivity index (χ4v) is 3.07. The standard InChI is InChI=1S/C18H25NO4/c1-13(14-5-7-15(23-3)8-6-14)11-16(20)19-10-4-9-18(2,12-19)17(21)22/h5-8,13H,4,9-12H2,1-3H3,(H,21,22). The highest BCUT2D eigenvalue weighted by Crippen LogP contribution is 2.31. The van der Waals surface area contributed by atoms with Crippen molar-refractivity contribution < 1.29 is 19.4 Å². The van der Waals surface area contributed by atoms with E-state index in [4.69, 9.17) is 4.74 Å². The number of amides is 1. The number of likely N-dealkylation sites (tertiary alicyclic amines) is 1. The average Bonchev–Trinajstić information content (AvgIpc) is 2.54. The summed E-state index contributed by atoms with van der Waals surface area (Å²) in [5.41, 5.74) is 0.259. The number of carboxylic acid groups (broad SMARTS) is 1. The third-order valence-electron chi connectivity index (χ3n) is 4.73. The molecule has 1 heterocycles. The number of rotatable bonds is 5. The molecule has 0 radical (unpaired) electrons. The fraction of sp³-hybridized carbons (Fsp3) is 0.556. The Morgan fingerprint density at radius 1 is 1.35 bits per heavy atom.